The predicted octanol–water partition coefficient (Wildman–Crippen LogP) is 3.81. The smallest absolute Gasteiger partial charge is 0.122 e. The van der Waals surface area contributed by atoms with Crippen LogP contribution >= 0.6 is 0 Å². The Labute approximate surface area is 135 Å². The Kier molecular flexibility index (Phi) is 6.71. The van der Waals surface area contributed by atoms with Crippen molar-refractivity contribution in [2.75, 3.05) is 20.2 Å². The number of rotatable bonds is 7. The summed E-state index contributed by atoms with van der Waals surface area (Å²) in [6.45, 7) is 5.38. The molecule has 1 aliphatic carbocycles. The number of para-hydroxylation sites is 1. The van der Waals surface area contributed by atoms with Gasteiger partial charge < -0.3 is 14.7 Å². The van der Waals surface area contributed by atoms with Gasteiger partial charge in [0, 0.05) is 12.6 Å². The molecule has 0 spiro atoms. The fourth-order valence-electron chi connectivity index (χ4n) is 3.33. The summed E-state index contributed by atoms with van der Waals surface area (Å²) in [5.41, 5.74) is 1.20. The first-order chi connectivity index (χ1) is 10.6. The highest BCUT2D eigenvalue weighted by atomic mass is 16.5. The van der Waals surface area contributed by atoms with E-state index in [1.54, 1.807) is 0 Å². The van der Waals surface area contributed by atoms with Crippen molar-refractivity contribution in [1.82, 2.24) is 4.90 Å². The summed E-state index contributed by atoms with van der Waals surface area (Å²) in [6, 6.07) is 8.75. The molecule has 2 rings (SSSR count). The Morgan fingerprint density at radius 2 is 1.86 bits per heavy atom. The van der Waals surface area contributed by atoms with Crippen molar-refractivity contribution in [2.45, 2.75) is 64.0 Å². The van der Waals surface area contributed by atoms with Crippen molar-refractivity contribution in [3.63, 3.8) is 0 Å². The maximum absolute atomic E-state index is 10.3. The Balaban J connectivity index is 1.81. The largest absolute Gasteiger partial charge is 0.491 e. The van der Waals surface area contributed by atoms with Gasteiger partial charge in [-0.3, -0.25) is 0 Å². The molecule has 0 amide bonds. The molecule has 1 fully saturated rings. The topological polar surface area (TPSA) is 32.7 Å². The number of hydrogen-bond donors (Lipinski definition) is 1. The van der Waals surface area contributed by atoms with Crippen LogP contribution in [0.4, 0.5) is 0 Å². The maximum Gasteiger partial charge on any atom is 0.122 e. The normalized spacial score (nSPS) is 17.9. The van der Waals surface area contributed by atoms with E-state index in [2.05, 4.69) is 31.9 Å². The van der Waals surface area contributed by atoms with Gasteiger partial charge in [0.15, 0.2) is 0 Å². The molecule has 0 saturated heterocycles. The van der Waals surface area contributed by atoms with Gasteiger partial charge in [-0.2, -0.15) is 0 Å². The van der Waals surface area contributed by atoms with E-state index in [0.717, 1.165) is 5.75 Å². The van der Waals surface area contributed by atoms with Crippen molar-refractivity contribution in [1.29, 1.82) is 0 Å². The van der Waals surface area contributed by atoms with Crippen LogP contribution in [0, 0.1) is 0 Å². The minimum atomic E-state index is -0.438. The molecule has 1 aromatic carbocycles. The van der Waals surface area contributed by atoms with Crippen LogP contribution in [0.5, 0.6) is 5.75 Å². The van der Waals surface area contributed by atoms with Crippen molar-refractivity contribution in [3.05, 3.63) is 29.8 Å². The first kappa shape index (κ1) is 17.3. The molecule has 0 aliphatic heterocycles. The quantitative estimate of drug-likeness (QED) is 0.831. The number of aliphatic hydroxyl groups excluding tert-OH is 1. The zero-order chi connectivity index (χ0) is 15.9. The second-order valence-corrected chi connectivity index (χ2v) is 6.89. The van der Waals surface area contributed by atoms with Gasteiger partial charge in [0.2, 0.25) is 0 Å². The van der Waals surface area contributed by atoms with E-state index in [4.69, 9.17) is 4.74 Å². The SMILES string of the molecule is CC(C)c1ccccc1OC[C@@H](O)CN(C)C1CCCCC1. The standard InChI is InChI=1S/C19H31NO2/c1-15(2)18-11-7-8-12-19(18)22-14-17(21)13-20(3)16-9-5-4-6-10-16/h7-8,11-12,15-17,21H,4-6,9-10,13-14H2,1-3H3/t17-/m0/s1. The van der Waals surface area contributed by atoms with Gasteiger partial charge in [0.25, 0.3) is 0 Å². The molecule has 1 N–H and O–H groups in total. The minimum Gasteiger partial charge on any atom is -0.491 e. The molecule has 124 valence electrons. The molecular weight excluding hydrogens is 274 g/mol. The summed E-state index contributed by atoms with van der Waals surface area (Å²) in [5, 5.41) is 10.3. The molecule has 0 bridgehead atoms. The Hall–Kier alpha value is -1.06. The summed E-state index contributed by atoms with van der Waals surface area (Å²) < 4.78 is 5.87. The van der Waals surface area contributed by atoms with E-state index < -0.39 is 6.10 Å². The van der Waals surface area contributed by atoms with E-state index in [9.17, 15) is 5.11 Å². The van der Waals surface area contributed by atoms with Crippen molar-refractivity contribution in [3.8, 4) is 5.75 Å². The average Bonchev–Trinajstić information content (AvgIpc) is 2.54. The first-order valence-corrected chi connectivity index (χ1v) is 8.68. The van der Waals surface area contributed by atoms with Crippen molar-refractivity contribution in [2.24, 2.45) is 0 Å². The van der Waals surface area contributed by atoms with Gasteiger partial charge >= 0.3 is 0 Å². The van der Waals surface area contributed by atoms with Crippen LogP contribution in [-0.2, 0) is 0 Å². The summed E-state index contributed by atoms with van der Waals surface area (Å²) in [6.07, 6.45) is 6.10. The highest BCUT2D eigenvalue weighted by Crippen LogP contribution is 2.26. The van der Waals surface area contributed by atoms with Gasteiger partial charge in [-0.1, -0.05) is 51.3 Å². The molecule has 1 aliphatic rings. The molecule has 1 atom stereocenters. The molecular formula is C19H31NO2. The summed E-state index contributed by atoms with van der Waals surface area (Å²) in [5.74, 6) is 1.33. The van der Waals surface area contributed by atoms with E-state index in [0.29, 0.717) is 25.1 Å². The molecule has 0 aromatic heterocycles. The Morgan fingerprint density at radius 1 is 1.18 bits per heavy atom. The third-order valence-electron chi connectivity index (χ3n) is 4.67. The lowest BCUT2D eigenvalue weighted by Gasteiger charge is -2.32. The number of likely N-dealkylation sites (N-methyl/N-ethyl adjacent to an activating group) is 1. The third kappa shape index (κ3) is 4.99. The lowest BCUT2D eigenvalue weighted by atomic mass is 9.94. The molecule has 3 nitrogen and oxygen atoms in total. The monoisotopic (exact) mass is 305 g/mol. The van der Waals surface area contributed by atoms with Gasteiger partial charge in [-0.25, -0.2) is 0 Å². The predicted molar refractivity (Wildman–Crippen MR) is 91.5 cm³/mol. The molecule has 3 heteroatoms. The van der Waals surface area contributed by atoms with E-state index in [1.807, 2.05) is 18.2 Å². The molecule has 1 saturated carbocycles. The summed E-state index contributed by atoms with van der Waals surface area (Å²) in [7, 11) is 2.13. The van der Waals surface area contributed by atoms with Gasteiger partial charge in [-0.15, -0.1) is 0 Å². The van der Waals surface area contributed by atoms with Crippen LogP contribution in [0.2, 0.25) is 0 Å². The molecule has 0 radical (unpaired) electrons. The van der Waals surface area contributed by atoms with Crippen LogP contribution in [0.15, 0.2) is 24.3 Å². The first-order valence-electron chi connectivity index (χ1n) is 8.68. The van der Waals surface area contributed by atoms with Crippen molar-refractivity contribution >= 4 is 0 Å². The third-order valence-corrected chi connectivity index (χ3v) is 4.67. The second-order valence-electron chi connectivity index (χ2n) is 6.89. The number of benzene rings is 1. The zero-order valence-corrected chi connectivity index (χ0v) is 14.3. The lowest BCUT2D eigenvalue weighted by Crippen LogP contribution is -2.40. The van der Waals surface area contributed by atoms with E-state index >= 15 is 0 Å². The molecule has 0 unspecified atom stereocenters. The number of nitrogens with zero attached hydrogens (tertiary/aromatic N) is 1. The second kappa shape index (κ2) is 8.54. The maximum atomic E-state index is 10.3. The zero-order valence-electron chi connectivity index (χ0n) is 14.3. The lowest BCUT2D eigenvalue weighted by molar-refractivity contribution is 0.0558. The summed E-state index contributed by atoms with van der Waals surface area (Å²) >= 11 is 0. The number of ether oxygens (including phenoxy) is 1. The van der Waals surface area contributed by atoms with E-state index in [1.165, 1.54) is 37.7 Å². The van der Waals surface area contributed by atoms with E-state index in [-0.39, 0.29) is 0 Å². The van der Waals surface area contributed by atoms with Crippen LogP contribution in [0.25, 0.3) is 0 Å². The van der Waals surface area contributed by atoms with Gasteiger partial charge in [0.1, 0.15) is 18.5 Å². The number of aliphatic hydroxyl groups is 1. The van der Waals surface area contributed by atoms with Gasteiger partial charge in [0.05, 0.1) is 0 Å². The highest BCUT2D eigenvalue weighted by molar-refractivity contribution is 5.35. The Bertz CT molecular complexity index is 441. The average molecular weight is 305 g/mol. The van der Waals surface area contributed by atoms with Crippen LogP contribution in [-0.4, -0.2) is 42.4 Å². The van der Waals surface area contributed by atoms with Crippen LogP contribution in [0.3, 0.4) is 0 Å². The highest BCUT2D eigenvalue weighted by Gasteiger charge is 2.20. The van der Waals surface area contributed by atoms with Crippen molar-refractivity contribution < 1.29 is 9.84 Å². The van der Waals surface area contributed by atoms with Crippen LogP contribution < -0.4 is 4.74 Å². The minimum absolute atomic E-state index is 0.362. The number of hydrogen-bond acceptors (Lipinski definition) is 3. The molecule has 1 aromatic rings. The van der Waals surface area contributed by atoms with Gasteiger partial charge in [-0.05, 0) is 37.4 Å². The molecule has 0 heterocycles. The summed E-state index contributed by atoms with van der Waals surface area (Å²) in [4.78, 5) is 2.31. The fourth-order valence-corrected chi connectivity index (χ4v) is 3.33. The van der Waals surface area contributed by atoms with Crippen LogP contribution in [0.1, 0.15) is 57.4 Å². The fraction of sp³-hybridized carbons (Fsp3) is 0.684. The molecule has 22 heavy (non-hydrogen) atoms. The Morgan fingerprint density at radius 3 is 2.55 bits per heavy atom.